The first-order valence-electron chi connectivity index (χ1n) is 9.75. The number of benzene rings is 2. The van der Waals surface area contributed by atoms with Crippen LogP contribution in [0.3, 0.4) is 0 Å². The van der Waals surface area contributed by atoms with Gasteiger partial charge in [0.1, 0.15) is 5.69 Å². The SMILES string of the molecule is O=C(NCCc1ccc(Cl)cc1Cl)c1cc2n(n1)CCN(Cc1ccccc1Cl)C2=O. The summed E-state index contributed by atoms with van der Waals surface area (Å²) in [6.07, 6.45) is 0.555. The van der Waals surface area contributed by atoms with Gasteiger partial charge >= 0.3 is 0 Å². The average molecular weight is 478 g/mol. The van der Waals surface area contributed by atoms with Crippen LogP contribution in [0.5, 0.6) is 0 Å². The van der Waals surface area contributed by atoms with Crippen molar-refractivity contribution in [3.8, 4) is 0 Å². The number of carbonyl (C=O) groups excluding carboxylic acids is 2. The Morgan fingerprint density at radius 1 is 1.00 bits per heavy atom. The van der Waals surface area contributed by atoms with Gasteiger partial charge < -0.3 is 10.2 Å². The minimum atomic E-state index is -0.336. The minimum Gasteiger partial charge on any atom is -0.350 e. The minimum absolute atomic E-state index is 0.175. The summed E-state index contributed by atoms with van der Waals surface area (Å²) in [5.74, 6) is -0.511. The molecular formula is C22H19Cl3N4O2. The maximum absolute atomic E-state index is 12.9. The number of amides is 2. The topological polar surface area (TPSA) is 67.2 Å². The van der Waals surface area contributed by atoms with Crippen molar-refractivity contribution in [2.75, 3.05) is 13.1 Å². The van der Waals surface area contributed by atoms with Crippen LogP contribution in [-0.4, -0.2) is 39.6 Å². The van der Waals surface area contributed by atoms with E-state index in [0.29, 0.717) is 53.4 Å². The van der Waals surface area contributed by atoms with Crippen LogP contribution < -0.4 is 5.32 Å². The Bertz CT molecular complexity index is 1150. The Morgan fingerprint density at radius 3 is 2.58 bits per heavy atom. The van der Waals surface area contributed by atoms with Crippen molar-refractivity contribution in [3.63, 3.8) is 0 Å². The number of nitrogens with one attached hydrogen (secondary N) is 1. The van der Waals surface area contributed by atoms with Gasteiger partial charge in [-0.3, -0.25) is 14.3 Å². The van der Waals surface area contributed by atoms with Crippen LogP contribution in [-0.2, 0) is 19.5 Å². The van der Waals surface area contributed by atoms with Crippen molar-refractivity contribution in [2.45, 2.75) is 19.5 Å². The van der Waals surface area contributed by atoms with Crippen LogP contribution >= 0.6 is 34.8 Å². The van der Waals surface area contributed by atoms with Gasteiger partial charge in [0, 0.05) is 40.8 Å². The third-order valence-electron chi connectivity index (χ3n) is 5.11. The molecule has 0 spiro atoms. The molecule has 0 aliphatic carbocycles. The summed E-state index contributed by atoms with van der Waals surface area (Å²) < 4.78 is 1.58. The van der Waals surface area contributed by atoms with E-state index in [1.165, 1.54) is 6.07 Å². The van der Waals surface area contributed by atoms with Crippen LogP contribution in [0.2, 0.25) is 15.1 Å². The van der Waals surface area contributed by atoms with Crippen LogP contribution in [0.4, 0.5) is 0 Å². The fourth-order valence-electron chi connectivity index (χ4n) is 3.46. The quantitative estimate of drug-likeness (QED) is 0.569. The predicted molar refractivity (Wildman–Crippen MR) is 121 cm³/mol. The lowest BCUT2D eigenvalue weighted by atomic mass is 10.1. The molecule has 1 aliphatic rings. The second kappa shape index (κ2) is 9.30. The van der Waals surface area contributed by atoms with Gasteiger partial charge in [-0.15, -0.1) is 0 Å². The normalized spacial score (nSPS) is 13.3. The second-order valence-electron chi connectivity index (χ2n) is 7.20. The highest BCUT2D eigenvalue weighted by molar-refractivity contribution is 6.35. The number of hydrogen-bond donors (Lipinski definition) is 1. The highest BCUT2D eigenvalue weighted by Crippen LogP contribution is 2.22. The van der Waals surface area contributed by atoms with Crippen LogP contribution in [0.15, 0.2) is 48.5 Å². The number of rotatable bonds is 6. The largest absolute Gasteiger partial charge is 0.350 e. The van der Waals surface area contributed by atoms with Crippen molar-refractivity contribution in [3.05, 3.63) is 86.1 Å². The number of carbonyl (C=O) groups is 2. The summed E-state index contributed by atoms with van der Waals surface area (Å²) in [4.78, 5) is 27.1. The van der Waals surface area contributed by atoms with Crippen molar-refractivity contribution in [1.29, 1.82) is 0 Å². The average Bonchev–Trinajstić information content (AvgIpc) is 3.18. The van der Waals surface area contributed by atoms with Gasteiger partial charge in [-0.2, -0.15) is 5.10 Å². The summed E-state index contributed by atoms with van der Waals surface area (Å²) in [7, 11) is 0. The highest BCUT2D eigenvalue weighted by Gasteiger charge is 2.28. The zero-order chi connectivity index (χ0) is 22.0. The first-order chi connectivity index (χ1) is 14.9. The molecule has 2 aromatic carbocycles. The molecule has 1 aliphatic heterocycles. The predicted octanol–water partition coefficient (Wildman–Crippen LogP) is 4.47. The van der Waals surface area contributed by atoms with E-state index in [-0.39, 0.29) is 17.5 Å². The summed E-state index contributed by atoms with van der Waals surface area (Å²) >= 11 is 18.3. The second-order valence-corrected chi connectivity index (χ2v) is 8.45. The molecule has 1 N–H and O–H groups in total. The van der Waals surface area contributed by atoms with Gasteiger partial charge in [0.15, 0.2) is 5.69 Å². The fourth-order valence-corrected chi connectivity index (χ4v) is 4.16. The molecular weight excluding hydrogens is 459 g/mol. The van der Waals surface area contributed by atoms with Crippen molar-refractivity contribution in [1.82, 2.24) is 20.0 Å². The monoisotopic (exact) mass is 476 g/mol. The maximum atomic E-state index is 12.9. The number of halogens is 3. The molecule has 0 atom stereocenters. The van der Waals surface area contributed by atoms with E-state index in [0.717, 1.165) is 11.1 Å². The zero-order valence-electron chi connectivity index (χ0n) is 16.4. The van der Waals surface area contributed by atoms with Gasteiger partial charge in [-0.1, -0.05) is 59.1 Å². The van der Waals surface area contributed by atoms with Gasteiger partial charge in [0.2, 0.25) is 0 Å². The Morgan fingerprint density at radius 2 is 1.81 bits per heavy atom. The molecule has 0 unspecified atom stereocenters. The molecule has 0 fully saturated rings. The van der Waals surface area contributed by atoms with E-state index >= 15 is 0 Å². The Balaban J connectivity index is 1.39. The standard InChI is InChI=1S/C22H19Cl3N4O2/c23-16-6-5-14(18(25)11-16)7-8-26-21(30)19-12-20-22(31)28(9-10-29(20)27-19)13-15-3-1-2-4-17(15)24/h1-6,11-12H,7-10,13H2,(H,26,30). The Hall–Kier alpha value is -2.54. The van der Waals surface area contributed by atoms with E-state index < -0.39 is 0 Å². The molecule has 0 bridgehead atoms. The van der Waals surface area contributed by atoms with Crippen LogP contribution in [0, 0.1) is 0 Å². The highest BCUT2D eigenvalue weighted by atomic mass is 35.5. The zero-order valence-corrected chi connectivity index (χ0v) is 18.7. The van der Waals surface area contributed by atoms with E-state index in [1.54, 1.807) is 27.8 Å². The van der Waals surface area contributed by atoms with E-state index in [2.05, 4.69) is 10.4 Å². The van der Waals surface area contributed by atoms with Gasteiger partial charge in [0.05, 0.1) is 6.54 Å². The number of aromatic nitrogens is 2. The summed E-state index contributed by atoms with van der Waals surface area (Å²) in [6.45, 7) is 1.80. The Kier molecular flexibility index (Phi) is 6.51. The summed E-state index contributed by atoms with van der Waals surface area (Å²) in [5.41, 5.74) is 2.37. The molecule has 4 rings (SSSR count). The van der Waals surface area contributed by atoms with Gasteiger partial charge in [-0.25, -0.2) is 0 Å². The molecule has 0 saturated heterocycles. The smallest absolute Gasteiger partial charge is 0.272 e. The third-order valence-corrected chi connectivity index (χ3v) is 6.07. The first-order valence-corrected chi connectivity index (χ1v) is 10.9. The number of nitrogens with zero attached hydrogens (tertiary/aromatic N) is 3. The van der Waals surface area contributed by atoms with Crippen molar-refractivity contribution < 1.29 is 9.59 Å². The molecule has 0 saturated carbocycles. The molecule has 2 heterocycles. The molecule has 3 aromatic rings. The molecule has 0 radical (unpaired) electrons. The fraction of sp³-hybridized carbons (Fsp3) is 0.227. The van der Waals surface area contributed by atoms with Crippen LogP contribution in [0.25, 0.3) is 0 Å². The third kappa shape index (κ3) is 4.87. The molecule has 2 amide bonds. The van der Waals surface area contributed by atoms with E-state index in [1.807, 2.05) is 24.3 Å². The first kappa shape index (κ1) is 21.7. The lowest BCUT2D eigenvalue weighted by Crippen LogP contribution is -2.39. The van der Waals surface area contributed by atoms with Gasteiger partial charge in [-0.05, 0) is 35.7 Å². The molecule has 31 heavy (non-hydrogen) atoms. The molecule has 6 nitrogen and oxygen atoms in total. The molecule has 9 heteroatoms. The van der Waals surface area contributed by atoms with Crippen LogP contribution in [0.1, 0.15) is 32.1 Å². The molecule has 160 valence electrons. The lowest BCUT2D eigenvalue weighted by Gasteiger charge is -2.27. The molecule has 1 aromatic heterocycles. The van der Waals surface area contributed by atoms with Crippen molar-refractivity contribution in [2.24, 2.45) is 0 Å². The lowest BCUT2D eigenvalue weighted by molar-refractivity contribution is 0.0683. The van der Waals surface area contributed by atoms with E-state index in [4.69, 9.17) is 34.8 Å². The summed E-state index contributed by atoms with van der Waals surface area (Å²) in [5, 5.41) is 8.87. The number of fused-ring (bicyclic) bond motifs is 1. The van der Waals surface area contributed by atoms with Crippen molar-refractivity contribution >= 4 is 46.6 Å². The van der Waals surface area contributed by atoms with Gasteiger partial charge in [0.25, 0.3) is 11.8 Å². The maximum Gasteiger partial charge on any atom is 0.272 e. The van der Waals surface area contributed by atoms with E-state index in [9.17, 15) is 9.59 Å². The Labute approximate surface area is 194 Å². The summed E-state index contributed by atoms with van der Waals surface area (Å²) in [6, 6.07) is 14.2. The number of hydrogen-bond acceptors (Lipinski definition) is 3.